The highest BCUT2D eigenvalue weighted by atomic mass is 35.5. The van der Waals surface area contributed by atoms with Crippen molar-refractivity contribution in [2.45, 2.75) is 12.1 Å². The number of esters is 1. The van der Waals surface area contributed by atoms with Crippen molar-refractivity contribution in [1.29, 1.82) is 0 Å². The summed E-state index contributed by atoms with van der Waals surface area (Å²) in [6.07, 6.45) is 3.22. The second-order valence-electron chi connectivity index (χ2n) is 4.19. The second kappa shape index (κ2) is 7.25. The number of nitrogens with two attached hydrogens (primary N) is 1. The maximum Gasteiger partial charge on any atom is 0.309 e. The van der Waals surface area contributed by atoms with E-state index in [1.807, 2.05) is 0 Å². The van der Waals surface area contributed by atoms with Gasteiger partial charge in [0.1, 0.15) is 10.7 Å². The molecule has 8 nitrogen and oxygen atoms in total. The topological polar surface area (TPSA) is 120 Å². The number of rotatable bonds is 5. The maximum atomic E-state index is 11.7. The Morgan fingerprint density at radius 3 is 2.70 bits per heavy atom. The van der Waals surface area contributed by atoms with Crippen molar-refractivity contribution in [3.05, 3.63) is 29.0 Å². The Labute approximate surface area is 140 Å². The molecule has 10 heteroatoms. The molecule has 0 aliphatic rings. The first-order valence-corrected chi connectivity index (χ1v) is 7.83. The number of hydrogen-bond donors (Lipinski definition) is 2. The molecular formula is C13H12ClN5O3S. The highest BCUT2D eigenvalue weighted by molar-refractivity contribution is 7.98. The molecule has 0 bridgehead atoms. The van der Waals surface area contributed by atoms with Crippen LogP contribution in [0.15, 0.2) is 23.5 Å². The lowest BCUT2D eigenvalue weighted by Gasteiger charge is -2.13. The van der Waals surface area contributed by atoms with Crippen molar-refractivity contribution in [2.75, 3.05) is 11.6 Å². The van der Waals surface area contributed by atoms with Crippen LogP contribution in [0.1, 0.15) is 17.3 Å². The summed E-state index contributed by atoms with van der Waals surface area (Å²) in [5.41, 5.74) is 5.77. The van der Waals surface area contributed by atoms with Crippen molar-refractivity contribution in [3.63, 3.8) is 0 Å². The van der Waals surface area contributed by atoms with Crippen molar-refractivity contribution in [2.24, 2.45) is 5.73 Å². The van der Waals surface area contributed by atoms with Gasteiger partial charge in [-0.05, 0) is 18.4 Å². The van der Waals surface area contributed by atoms with E-state index in [0.717, 1.165) is 0 Å². The molecule has 0 aliphatic heterocycles. The van der Waals surface area contributed by atoms with Crippen LogP contribution >= 0.6 is 23.4 Å². The SMILES string of the molecule is CSc1nc(Nc2ccnc(Cl)c2)c(C(N)=O)c(OC(C)=O)n1. The third kappa shape index (κ3) is 4.30. The van der Waals surface area contributed by atoms with Crippen LogP contribution < -0.4 is 15.8 Å². The Bertz CT molecular complexity index is 771. The Balaban J connectivity index is 2.55. The fourth-order valence-electron chi connectivity index (χ4n) is 1.65. The van der Waals surface area contributed by atoms with Gasteiger partial charge < -0.3 is 15.8 Å². The Kier molecular flexibility index (Phi) is 5.35. The summed E-state index contributed by atoms with van der Waals surface area (Å²) in [6.45, 7) is 1.20. The predicted molar refractivity (Wildman–Crippen MR) is 86.2 cm³/mol. The molecule has 120 valence electrons. The largest absolute Gasteiger partial charge is 0.407 e. The molecule has 0 saturated heterocycles. The highest BCUT2D eigenvalue weighted by Crippen LogP contribution is 2.28. The summed E-state index contributed by atoms with van der Waals surface area (Å²) in [5.74, 6) is -1.56. The number of anilines is 2. The zero-order valence-corrected chi connectivity index (χ0v) is 13.7. The Hall–Kier alpha value is -2.39. The van der Waals surface area contributed by atoms with Gasteiger partial charge in [0.15, 0.2) is 11.0 Å². The zero-order chi connectivity index (χ0) is 17.0. The normalized spacial score (nSPS) is 10.2. The smallest absolute Gasteiger partial charge is 0.309 e. The third-order valence-electron chi connectivity index (χ3n) is 2.51. The van der Waals surface area contributed by atoms with E-state index in [-0.39, 0.29) is 22.4 Å². The molecule has 0 radical (unpaired) electrons. The minimum Gasteiger partial charge on any atom is -0.407 e. The van der Waals surface area contributed by atoms with Crippen LogP contribution in [0.3, 0.4) is 0 Å². The summed E-state index contributed by atoms with van der Waals surface area (Å²) >= 11 is 7.04. The summed E-state index contributed by atoms with van der Waals surface area (Å²) in [4.78, 5) is 35.0. The maximum absolute atomic E-state index is 11.7. The molecule has 0 unspecified atom stereocenters. The first-order chi connectivity index (χ1) is 10.9. The van der Waals surface area contributed by atoms with E-state index in [4.69, 9.17) is 22.1 Å². The van der Waals surface area contributed by atoms with Gasteiger partial charge in [-0.25, -0.2) is 9.97 Å². The van der Waals surface area contributed by atoms with Gasteiger partial charge >= 0.3 is 5.97 Å². The number of ether oxygens (including phenoxy) is 1. The lowest BCUT2D eigenvalue weighted by atomic mass is 10.2. The number of nitrogens with one attached hydrogen (secondary N) is 1. The number of pyridine rings is 1. The van der Waals surface area contributed by atoms with Crippen LogP contribution in [0, 0.1) is 0 Å². The van der Waals surface area contributed by atoms with E-state index >= 15 is 0 Å². The first kappa shape index (κ1) is 17.0. The van der Waals surface area contributed by atoms with Crippen LogP contribution in [0.2, 0.25) is 5.15 Å². The average Bonchev–Trinajstić information content (AvgIpc) is 2.45. The summed E-state index contributed by atoms with van der Waals surface area (Å²) in [7, 11) is 0. The van der Waals surface area contributed by atoms with Gasteiger partial charge in [0, 0.05) is 18.8 Å². The molecule has 2 heterocycles. The molecule has 2 aromatic rings. The van der Waals surface area contributed by atoms with E-state index in [0.29, 0.717) is 10.8 Å². The highest BCUT2D eigenvalue weighted by Gasteiger charge is 2.22. The monoisotopic (exact) mass is 353 g/mol. The van der Waals surface area contributed by atoms with Crippen LogP contribution in [0.25, 0.3) is 0 Å². The summed E-state index contributed by atoms with van der Waals surface area (Å²) in [6, 6.07) is 3.17. The molecule has 0 aliphatic carbocycles. The molecule has 0 atom stereocenters. The number of amides is 1. The van der Waals surface area contributed by atoms with E-state index < -0.39 is 11.9 Å². The molecule has 0 fully saturated rings. The van der Waals surface area contributed by atoms with Gasteiger partial charge in [-0.15, -0.1) is 0 Å². The van der Waals surface area contributed by atoms with Gasteiger partial charge in [-0.3, -0.25) is 9.59 Å². The number of carbonyl (C=O) groups excluding carboxylic acids is 2. The van der Waals surface area contributed by atoms with E-state index in [9.17, 15) is 9.59 Å². The van der Waals surface area contributed by atoms with Crippen molar-refractivity contribution >= 4 is 46.7 Å². The first-order valence-electron chi connectivity index (χ1n) is 6.23. The second-order valence-corrected chi connectivity index (χ2v) is 5.35. The number of thioether (sulfide) groups is 1. The van der Waals surface area contributed by atoms with Gasteiger partial charge in [0.25, 0.3) is 5.91 Å². The summed E-state index contributed by atoms with van der Waals surface area (Å²) in [5, 5.41) is 3.46. The number of carbonyl (C=O) groups is 2. The van der Waals surface area contributed by atoms with E-state index in [1.54, 1.807) is 18.4 Å². The van der Waals surface area contributed by atoms with Gasteiger partial charge in [0.05, 0.1) is 0 Å². The number of halogens is 1. The predicted octanol–water partition coefficient (Wildman–Crippen LogP) is 2.01. The number of hydrogen-bond acceptors (Lipinski definition) is 8. The third-order valence-corrected chi connectivity index (χ3v) is 3.27. The molecule has 2 aromatic heterocycles. The summed E-state index contributed by atoms with van der Waals surface area (Å²) < 4.78 is 4.97. The van der Waals surface area contributed by atoms with Crippen LogP contribution in [0.5, 0.6) is 5.88 Å². The number of aromatic nitrogens is 3. The fourth-order valence-corrected chi connectivity index (χ4v) is 2.18. The molecule has 1 amide bonds. The minimum atomic E-state index is -0.837. The quantitative estimate of drug-likeness (QED) is 0.362. The molecule has 2 rings (SSSR count). The standard InChI is InChI=1S/C13H12ClN5O3S/c1-6(20)22-12-9(10(15)21)11(18-13(19-12)23-2)17-7-3-4-16-8(14)5-7/h3-5H,1-2H3,(H2,15,21)(H,16,17,18,19). The van der Waals surface area contributed by atoms with Gasteiger partial charge in [0.2, 0.25) is 5.88 Å². The molecule has 3 N–H and O–H groups in total. The lowest BCUT2D eigenvalue weighted by molar-refractivity contribution is -0.132. The van der Waals surface area contributed by atoms with E-state index in [1.165, 1.54) is 24.9 Å². The van der Waals surface area contributed by atoms with Crippen LogP contribution in [0.4, 0.5) is 11.5 Å². The molecule has 0 aromatic carbocycles. The van der Waals surface area contributed by atoms with Crippen molar-refractivity contribution < 1.29 is 14.3 Å². The fraction of sp³-hybridized carbons (Fsp3) is 0.154. The van der Waals surface area contributed by atoms with Crippen molar-refractivity contribution in [1.82, 2.24) is 15.0 Å². The Morgan fingerprint density at radius 2 is 2.13 bits per heavy atom. The molecule has 23 heavy (non-hydrogen) atoms. The van der Waals surface area contributed by atoms with Crippen LogP contribution in [-0.2, 0) is 4.79 Å². The van der Waals surface area contributed by atoms with Crippen molar-refractivity contribution in [3.8, 4) is 5.88 Å². The van der Waals surface area contributed by atoms with Crippen LogP contribution in [-0.4, -0.2) is 33.1 Å². The van der Waals surface area contributed by atoms with Gasteiger partial charge in [-0.1, -0.05) is 23.4 Å². The average molecular weight is 354 g/mol. The lowest BCUT2D eigenvalue weighted by Crippen LogP contribution is -2.19. The minimum absolute atomic E-state index is 0.107. The zero-order valence-electron chi connectivity index (χ0n) is 12.2. The van der Waals surface area contributed by atoms with Gasteiger partial charge in [-0.2, -0.15) is 4.98 Å². The number of nitrogens with zero attached hydrogens (tertiary/aromatic N) is 3. The molecular weight excluding hydrogens is 342 g/mol. The Morgan fingerprint density at radius 1 is 1.39 bits per heavy atom. The molecule has 0 spiro atoms. The molecule has 0 saturated carbocycles. The number of primary amides is 1. The van der Waals surface area contributed by atoms with E-state index in [2.05, 4.69) is 20.3 Å².